The second-order valence-corrected chi connectivity index (χ2v) is 6.99. The smallest absolute Gasteiger partial charge is 0.162 e. The molecule has 158 valence electrons. The van der Waals surface area contributed by atoms with E-state index in [2.05, 4.69) is 9.97 Å². The van der Waals surface area contributed by atoms with Gasteiger partial charge >= 0.3 is 0 Å². The minimum atomic E-state index is 0.600. The Morgan fingerprint density at radius 3 is 2.29 bits per heavy atom. The quantitative estimate of drug-likeness (QED) is 0.431. The van der Waals surface area contributed by atoms with E-state index >= 15 is 0 Å². The van der Waals surface area contributed by atoms with Gasteiger partial charge in [0, 0.05) is 35.1 Å². The summed E-state index contributed by atoms with van der Waals surface area (Å²) in [6.45, 7) is 3.97. The van der Waals surface area contributed by atoms with E-state index in [1.807, 2.05) is 44.2 Å². The maximum atomic E-state index is 6.39. The molecule has 0 fully saturated rings. The average molecular weight is 417 g/mol. The molecular formula is C24H23N3O4. The van der Waals surface area contributed by atoms with Gasteiger partial charge in [-0.3, -0.25) is 9.97 Å². The Hall–Kier alpha value is -3.87. The number of hydrogen-bond donors (Lipinski definition) is 0. The van der Waals surface area contributed by atoms with Crippen LogP contribution in [0, 0.1) is 13.8 Å². The van der Waals surface area contributed by atoms with E-state index in [9.17, 15) is 0 Å². The highest BCUT2D eigenvalue weighted by Crippen LogP contribution is 2.39. The summed E-state index contributed by atoms with van der Waals surface area (Å²) in [5.41, 5.74) is 4.15. The highest BCUT2D eigenvalue weighted by atomic mass is 16.5. The summed E-state index contributed by atoms with van der Waals surface area (Å²) in [6.07, 6.45) is 5.09. The van der Waals surface area contributed by atoms with Crippen LogP contribution in [0.2, 0.25) is 0 Å². The van der Waals surface area contributed by atoms with E-state index in [0.29, 0.717) is 34.4 Å². The zero-order valence-corrected chi connectivity index (χ0v) is 18.1. The van der Waals surface area contributed by atoms with Gasteiger partial charge in [-0.2, -0.15) is 0 Å². The first kappa shape index (κ1) is 20.4. The molecule has 0 spiro atoms. The van der Waals surface area contributed by atoms with Crippen molar-refractivity contribution in [1.29, 1.82) is 0 Å². The van der Waals surface area contributed by atoms with Crippen LogP contribution in [0.25, 0.3) is 22.2 Å². The van der Waals surface area contributed by atoms with Crippen LogP contribution in [-0.4, -0.2) is 36.3 Å². The number of fused-ring (bicyclic) bond motifs is 1. The molecular weight excluding hydrogens is 394 g/mol. The van der Waals surface area contributed by atoms with Crippen LogP contribution < -0.4 is 18.9 Å². The summed E-state index contributed by atoms with van der Waals surface area (Å²) in [5.74, 6) is 3.10. The van der Waals surface area contributed by atoms with Gasteiger partial charge in [0.15, 0.2) is 17.2 Å². The molecule has 3 heterocycles. The van der Waals surface area contributed by atoms with Crippen molar-refractivity contribution in [3.05, 3.63) is 60.2 Å². The van der Waals surface area contributed by atoms with Crippen molar-refractivity contribution in [3.63, 3.8) is 0 Å². The minimum Gasteiger partial charge on any atom is -0.495 e. The number of hydrogen-bond acceptors (Lipinski definition) is 7. The van der Waals surface area contributed by atoms with Crippen LogP contribution >= 0.6 is 0 Å². The standard InChI is InChI=1S/C24H23N3O4/c1-14-8-23(24(27-15(14)2)16-9-17(28-3)13-25-12-16)31-20-6-7-26-19-11-22(30-5)21(29-4)10-18(19)20/h6-13H,1-5H3. The lowest BCUT2D eigenvalue weighted by atomic mass is 10.1. The molecule has 1 aromatic carbocycles. The first-order valence-electron chi connectivity index (χ1n) is 9.70. The van der Waals surface area contributed by atoms with Crippen molar-refractivity contribution in [1.82, 2.24) is 15.0 Å². The van der Waals surface area contributed by atoms with Gasteiger partial charge in [-0.1, -0.05) is 0 Å². The monoisotopic (exact) mass is 417 g/mol. The number of aromatic nitrogens is 3. The Balaban J connectivity index is 1.86. The van der Waals surface area contributed by atoms with Gasteiger partial charge in [0.25, 0.3) is 0 Å². The summed E-state index contributed by atoms with van der Waals surface area (Å²) < 4.78 is 22.6. The average Bonchev–Trinajstić information content (AvgIpc) is 2.80. The molecule has 0 N–H and O–H groups in total. The zero-order chi connectivity index (χ0) is 22.0. The lowest BCUT2D eigenvalue weighted by Gasteiger charge is -2.16. The third-order valence-electron chi connectivity index (χ3n) is 5.08. The van der Waals surface area contributed by atoms with Crippen molar-refractivity contribution < 1.29 is 18.9 Å². The molecule has 0 saturated carbocycles. The third kappa shape index (κ3) is 3.94. The fourth-order valence-electron chi connectivity index (χ4n) is 3.28. The zero-order valence-electron chi connectivity index (χ0n) is 18.1. The van der Waals surface area contributed by atoms with Crippen molar-refractivity contribution >= 4 is 10.9 Å². The van der Waals surface area contributed by atoms with Crippen LogP contribution in [0.4, 0.5) is 0 Å². The topological polar surface area (TPSA) is 75.6 Å². The maximum absolute atomic E-state index is 6.39. The minimum absolute atomic E-state index is 0.600. The second-order valence-electron chi connectivity index (χ2n) is 6.99. The molecule has 0 radical (unpaired) electrons. The molecule has 0 aliphatic rings. The fraction of sp³-hybridized carbons (Fsp3) is 0.208. The Morgan fingerprint density at radius 1 is 0.774 bits per heavy atom. The number of methoxy groups -OCH3 is 3. The predicted octanol–water partition coefficient (Wildman–Crippen LogP) is 5.13. The van der Waals surface area contributed by atoms with Crippen LogP contribution in [-0.2, 0) is 0 Å². The highest BCUT2D eigenvalue weighted by molar-refractivity contribution is 5.88. The molecule has 0 unspecified atom stereocenters. The molecule has 4 rings (SSSR count). The molecule has 4 aromatic rings. The van der Waals surface area contributed by atoms with Crippen molar-refractivity contribution in [3.8, 4) is 40.0 Å². The molecule has 7 heteroatoms. The van der Waals surface area contributed by atoms with Crippen molar-refractivity contribution in [2.75, 3.05) is 21.3 Å². The maximum Gasteiger partial charge on any atom is 0.162 e. The van der Waals surface area contributed by atoms with E-state index in [4.69, 9.17) is 23.9 Å². The lowest BCUT2D eigenvalue weighted by molar-refractivity contribution is 0.355. The van der Waals surface area contributed by atoms with Crippen molar-refractivity contribution in [2.45, 2.75) is 13.8 Å². The largest absolute Gasteiger partial charge is 0.495 e. The summed E-state index contributed by atoms with van der Waals surface area (Å²) in [4.78, 5) is 13.5. The van der Waals surface area contributed by atoms with Crippen molar-refractivity contribution in [2.24, 2.45) is 0 Å². The summed E-state index contributed by atoms with van der Waals surface area (Å²) >= 11 is 0. The molecule has 31 heavy (non-hydrogen) atoms. The van der Waals surface area contributed by atoms with Gasteiger partial charge in [-0.15, -0.1) is 0 Å². The number of ether oxygens (including phenoxy) is 4. The Bertz CT molecular complexity index is 1260. The Kier molecular flexibility index (Phi) is 5.58. The normalized spacial score (nSPS) is 10.7. The Morgan fingerprint density at radius 2 is 1.55 bits per heavy atom. The molecule has 0 atom stereocenters. The number of rotatable bonds is 6. The van der Waals surface area contributed by atoms with E-state index in [-0.39, 0.29) is 0 Å². The number of aryl methyl sites for hydroxylation is 2. The van der Waals surface area contributed by atoms with Crippen LogP contribution in [0.1, 0.15) is 11.3 Å². The van der Waals surface area contributed by atoms with E-state index in [1.165, 1.54) is 0 Å². The van der Waals surface area contributed by atoms with E-state index < -0.39 is 0 Å². The second kappa shape index (κ2) is 8.47. The third-order valence-corrected chi connectivity index (χ3v) is 5.08. The Labute approximate surface area is 180 Å². The van der Waals surface area contributed by atoms with Gasteiger partial charge in [-0.25, -0.2) is 4.98 Å². The number of pyridine rings is 3. The molecule has 0 aliphatic carbocycles. The van der Waals surface area contributed by atoms with Gasteiger partial charge in [0.05, 0.1) is 33.0 Å². The number of benzene rings is 1. The van der Waals surface area contributed by atoms with Crippen LogP contribution in [0.3, 0.4) is 0 Å². The molecule has 7 nitrogen and oxygen atoms in total. The van der Waals surface area contributed by atoms with Gasteiger partial charge in [0.2, 0.25) is 0 Å². The molecule has 0 saturated heterocycles. The summed E-state index contributed by atoms with van der Waals surface area (Å²) in [6, 6.07) is 9.36. The molecule has 3 aromatic heterocycles. The van der Waals surface area contributed by atoms with Gasteiger partial charge in [-0.05, 0) is 43.7 Å². The summed E-state index contributed by atoms with van der Waals surface area (Å²) in [7, 11) is 4.80. The molecule has 0 amide bonds. The molecule has 0 bridgehead atoms. The van der Waals surface area contributed by atoms with Gasteiger partial charge in [0.1, 0.15) is 17.2 Å². The van der Waals surface area contributed by atoms with E-state index in [1.54, 1.807) is 39.9 Å². The fourth-order valence-corrected chi connectivity index (χ4v) is 3.28. The predicted molar refractivity (Wildman–Crippen MR) is 118 cm³/mol. The number of nitrogens with zero attached hydrogens (tertiary/aromatic N) is 3. The van der Waals surface area contributed by atoms with E-state index in [0.717, 1.165) is 27.7 Å². The highest BCUT2D eigenvalue weighted by Gasteiger charge is 2.16. The SMILES string of the molecule is COc1cncc(-c2nc(C)c(C)cc2Oc2ccnc3cc(OC)c(OC)cc23)c1. The van der Waals surface area contributed by atoms with Crippen LogP contribution in [0.15, 0.2) is 48.9 Å². The van der Waals surface area contributed by atoms with Crippen LogP contribution in [0.5, 0.6) is 28.7 Å². The molecule has 0 aliphatic heterocycles. The first-order valence-corrected chi connectivity index (χ1v) is 9.70. The first-order chi connectivity index (χ1) is 15.0. The lowest BCUT2D eigenvalue weighted by Crippen LogP contribution is -1.98. The van der Waals surface area contributed by atoms with Gasteiger partial charge < -0.3 is 18.9 Å². The summed E-state index contributed by atoms with van der Waals surface area (Å²) in [5, 5.41) is 0.799.